The molecule has 0 spiro atoms. The van der Waals surface area contributed by atoms with Crippen LogP contribution in [0.15, 0.2) is 24.3 Å². The molecule has 0 fully saturated rings. The first-order chi connectivity index (χ1) is 9.93. The van der Waals surface area contributed by atoms with E-state index in [1.54, 1.807) is 24.3 Å². The Morgan fingerprint density at radius 1 is 1.24 bits per heavy atom. The van der Waals surface area contributed by atoms with Crippen molar-refractivity contribution < 1.29 is 29.3 Å². The third-order valence-corrected chi connectivity index (χ3v) is 2.55. The first-order valence-electron chi connectivity index (χ1n) is 6.03. The summed E-state index contributed by atoms with van der Waals surface area (Å²) in [5, 5.41) is 22.0. The zero-order chi connectivity index (χ0) is 15.8. The maximum Gasteiger partial charge on any atom is 0.326 e. The Labute approximate surface area is 120 Å². The second kappa shape index (κ2) is 7.85. The highest BCUT2D eigenvalue weighted by Gasteiger charge is 2.23. The van der Waals surface area contributed by atoms with E-state index in [1.165, 1.54) is 7.11 Å². The van der Waals surface area contributed by atoms with E-state index in [0.29, 0.717) is 11.3 Å². The third kappa shape index (κ3) is 5.49. The van der Waals surface area contributed by atoms with Crippen LogP contribution in [-0.2, 0) is 20.9 Å². The highest BCUT2D eigenvalue weighted by Crippen LogP contribution is 2.15. The highest BCUT2D eigenvalue weighted by atomic mass is 16.5. The van der Waals surface area contributed by atoms with Crippen LogP contribution < -0.4 is 10.6 Å². The van der Waals surface area contributed by atoms with Crippen LogP contribution in [0.4, 0.5) is 10.5 Å². The van der Waals surface area contributed by atoms with Crippen LogP contribution in [0.25, 0.3) is 0 Å². The average Bonchev–Trinajstić information content (AvgIpc) is 2.40. The van der Waals surface area contributed by atoms with Gasteiger partial charge in [0.05, 0.1) is 13.0 Å². The molecule has 0 aliphatic carbocycles. The van der Waals surface area contributed by atoms with Gasteiger partial charge in [0.1, 0.15) is 6.04 Å². The minimum atomic E-state index is -1.50. The number of ether oxygens (including phenoxy) is 1. The van der Waals surface area contributed by atoms with Crippen LogP contribution in [0.1, 0.15) is 12.0 Å². The van der Waals surface area contributed by atoms with Crippen molar-refractivity contribution in [2.24, 2.45) is 0 Å². The number of amides is 2. The van der Waals surface area contributed by atoms with Gasteiger partial charge in [0.15, 0.2) is 0 Å². The standard InChI is InChI=1S/C13H16N2O6/c1-21-7-8-4-2-3-5-9(8)14-13(20)15-10(12(18)19)6-11(16)17/h2-5,10H,6-7H2,1H3,(H,16,17)(H,18,19)(H2,14,15,20)/t10-/m0/s1. The summed E-state index contributed by atoms with van der Waals surface area (Å²) in [5.74, 6) is -2.74. The number of carboxylic acids is 2. The van der Waals surface area contributed by atoms with Crippen molar-refractivity contribution in [3.8, 4) is 0 Å². The van der Waals surface area contributed by atoms with Gasteiger partial charge in [-0.1, -0.05) is 18.2 Å². The van der Waals surface area contributed by atoms with Crippen LogP contribution in [0.3, 0.4) is 0 Å². The van der Waals surface area contributed by atoms with E-state index in [9.17, 15) is 14.4 Å². The lowest BCUT2D eigenvalue weighted by Gasteiger charge is -2.15. The van der Waals surface area contributed by atoms with Gasteiger partial charge in [-0.3, -0.25) is 4.79 Å². The highest BCUT2D eigenvalue weighted by molar-refractivity contribution is 5.93. The summed E-state index contributed by atoms with van der Waals surface area (Å²) in [6.45, 7) is 0.272. The van der Waals surface area contributed by atoms with Gasteiger partial charge in [0.25, 0.3) is 0 Å². The molecule has 1 rings (SSSR count). The molecule has 2 amide bonds. The monoisotopic (exact) mass is 296 g/mol. The second-order valence-electron chi connectivity index (χ2n) is 4.18. The van der Waals surface area contributed by atoms with Crippen molar-refractivity contribution in [1.29, 1.82) is 0 Å². The summed E-state index contributed by atoms with van der Waals surface area (Å²) >= 11 is 0. The minimum Gasteiger partial charge on any atom is -0.481 e. The fraction of sp³-hybridized carbons (Fsp3) is 0.308. The molecule has 0 aliphatic rings. The van der Waals surface area contributed by atoms with Crippen molar-refractivity contribution >= 4 is 23.7 Å². The Balaban J connectivity index is 2.72. The molecular weight excluding hydrogens is 280 g/mol. The summed E-state index contributed by atoms with van der Waals surface area (Å²) in [6.07, 6.45) is -0.706. The van der Waals surface area contributed by atoms with E-state index in [2.05, 4.69) is 10.6 Å². The Morgan fingerprint density at radius 2 is 1.90 bits per heavy atom. The van der Waals surface area contributed by atoms with E-state index in [0.717, 1.165) is 0 Å². The molecular formula is C13H16N2O6. The van der Waals surface area contributed by atoms with Gasteiger partial charge in [0.2, 0.25) is 0 Å². The van der Waals surface area contributed by atoms with Gasteiger partial charge in [-0.25, -0.2) is 9.59 Å². The van der Waals surface area contributed by atoms with Crippen LogP contribution in [0.2, 0.25) is 0 Å². The van der Waals surface area contributed by atoms with Crippen molar-refractivity contribution in [2.75, 3.05) is 12.4 Å². The zero-order valence-electron chi connectivity index (χ0n) is 11.3. The lowest BCUT2D eigenvalue weighted by atomic mass is 10.2. The van der Waals surface area contributed by atoms with Gasteiger partial charge >= 0.3 is 18.0 Å². The smallest absolute Gasteiger partial charge is 0.326 e. The molecule has 0 saturated carbocycles. The first kappa shape index (κ1) is 16.4. The van der Waals surface area contributed by atoms with E-state index < -0.39 is 30.4 Å². The number of urea groups is 1. The topological polar surface area (TPSA) is 125 Å². The summed E-state index contributed by atoms with van der Waals surface area (Å²) < 4.78 is 4.98. The largest absolute Gasteiger partial charge is 0.481 e. The van der Waals surface area contributed by atoms with E-state index in [1.807, 2.05) is 0 Å². The summed E-state index contributed by atoms with van der Waals surface area (Å²) in [4.78, 5) is 33.2. The predicted octanol–water partition coefficient (Wildman–Crippen LogP) is 0.882. The number of para-hydroxylation sites is 1. The Hall–Kier alpha value is -2.61. The quantitative estimate of drug-likeness (QED) is 0.592. The van der Waals surface area contributed by atoms with Crippen molar-refractivity contribution in [3.63, 3.8) is 0 Å². The zero-order valence-corrected chi connectivity index (χ0v) is 11.3. The van der Waals surface area contributed by atoms with Crippen LogP contribution >= 0.6 is 0 Å². The molecule has 0 unspecified atom stereocenters. The maximum atomic E-state index is 11.7. The number of aliphatic carboxylic acids is 2. The molecule has 1 aromatic carbocycles. The molecule has 0 radical (unpaired) electrons. The second-order valence-corrected chi connectivity index (χ2v) is 4.18. The minimum absolute atomic E-state index is 0.272. The van der Waals surface area contributed by atoms with Crippen molar-refractivity contribution in [1.82, 2.24) is 5.32 Å². The van der Waals surface area contributed by atoms with Crippen molar-refractivity contribution in [2.45, 2.75) is 19.1 Å². The lowest BCUT2D eigenvalue weighted by molar-refractivity contribution is -0.145. The molecule has 1 atom stereocenters. The van der Waals surface area contributed by atoms with E-state index in [-0.39, 0.29) is 6.61 Å². The third-order valence-electron chi connectivity index (χ3n) is 2.55. The molecule has 0 saturated heterocycles. The molecule has 0 aromatic heterocycles. The number of methoxy groups -OCH3 is 1. The molecule has 114 valence electrons. The summed E-state index contributed by atoms with van der Waals surface area (Å²) in [7, 11) is 1.50. The number of carbonyl (C=O) groups is 3. The van der Waals surface area contributed by atoms with Gasteiger partial charge < -0.3 is 25.6 Å². The van der Waals surface area contributed by atoms with Gasteiger partial charge in [0, 0.05) is 18.4 Å². The number of hydrogen-bond acceptors (Lipinski definition) is 4. The number of benzene rings is 1. The number of rotatable bonds is 7. The lowest BCUT2D eigenvalue weighted by Crippen LogP contribution is -2.44. The molecule has 8 nitrogen and oxygen atoms in total. The first-order valence-corrected chi connectivity index (χ1v) is 6.03. The van der Waals surface area contributed by atoms with Crippen molar-refractivity contribution in [3.05, 3.63) is 29.8 Å². The maximum absolute atomic E-state index is 11.7. The Bertz CT molecular complexity index is 531. The molecule has 4 N–H and O–H groups in total. The van der Waals surface area contributed by atoms with E-state index in [4.69, 9.17) is 14.9 Å². The molecule has 1 aromatic rings. The fourth-order valence-corrected chi connectivity index (χ4v) is 1.61. The SMILES string of the molecule is COCc1ccccc1NC(=O)N[C@@H](CC(=O)O)C(=O)O. The molecule has 0 aliphatic heterocycles. The molecule has 0 bridgehead atoms. The average molecular weight is 296 g/mol. The molecule has 0 heterocycles. The van der Waals surface area contributed by atoms with Gasteiger partial charge in [-0.05, 0) is 6.07 Å². The number of hydrogen-bond donors (Lipinski definition) is 4. The van der Waals surface area contributed by atoms with E-state index >= 15 is 0 Å². The molecule has 21 heavy (non-hydrogen) atoms. The number of carboxylic acid groups (broad SMARTS) is 2. The molecule has 8 heteroatoms. The summed E-state index contributed by atoms with van der Waals surface area (Å²) in [6, 6.07) is 4.53. The predicted molar refractivity (Wildman–Crippen MR) is 73.0 cm³/mol. The number of nitrogens with one attached hydrogen (secondary N) is 2. The summed E-state index contributed by atoms with van der Waals surface area (Å²) in [5.41, 5.74) is 1.16. The number of anilines is 1. The normalized spacial score (nSPS) is 11.5. The Morgan fingerprint density at radius 3 is 2.48 bits per heavy atom. The number of carbonyl (C=O) groups excluding carboxylic acids is 1. The van der Waals surface area contributed by atoms with Crippen LogP contribution in [-0.4, -0.2) is 41.3 Å². The van der Waals surface area contributed by atoms with Gasteiger partial charge in [-0.15, -0.1) is 0 Å². The van der Waals surface area contributed by atoms with Gasteiger partial charge in [-0.2, -0.15) is 0 Å². The van der Waals surface area contributed by atoms with Crippen LogP contribution in [0, 0.1) is 0 Å². The van der Waals surface area contributed by atoms with Crippen LogP contribution in [0.5, 0.6) is 0 Å². The fourth-order valence-electron chi connectivity index (χ4n) is 1.61. The Kier molecular flexibility index (Phi) is 6.15.